The van der Waals surface area contributed by atoms with Crippen LogP contribution in [-0.2, 0) is 0 Å². The van der Waals surface area contributed by atoms with Crippen molar-refractivity contribution in [3.8, 4) is 0 Å². The van der Waals surface area contributed by atoms with E-state index >= 15 is 0 Å². The van der Waals surface area contributed by atoms with E-state index in [1.165, 1.54) is 34.9 Å². The van der Waals surface area contributed by atoms with Gasteiger partial charge in [-0.1, -0.05) is 48.7 Å². The van der Waals surface area contributed by atoms with Crippen LogP contribution in [0.3, 0.4) is 0 Å². The summed E-state index contributed by atoms with van der Waals surface area (Å²) in [6, 6.07) is 7.15. The van der Waals surface area contributed by atoms with Crippen LogP contribution < -0.4 is 5.32 Å². The number of hydrogen-bond donors (Lipinski definition) is 1. The van der Waals surface area contributed by atoms with Crippen LogP contribution in [0.15, 0.2) is 22.7 Å². The number of nitrogens with one attached hydrogen (secondary N) is 1. The van der Waals surface area contributed by atoms with Gasteiger partial charge < -0.3 is 5.32 Å². The van der Waals surface area contributed by atoms with Crippen LogP contribution in [-0.4, -0.2) is 7.05 Å². The van der Waals surface area contributed by atoms with Crippen LogP contribution in [0, 0.1) is 12.8 Å². The minimum atomic E-state index is 0.469. The molecule has 1 atom stereocenters. The second-order valence-corrected chi connectivity index (χ2v) is 5.74. The first-order valence-electron chi connectivity index (χ1n) is 6.55. The molecule has 0 fully saturated rings. The highest BCUT2D eigenvalue weighted by atomic mass is 79.9. The number of benzene rings is 1. The molecule has 1 unspecified atom stereocenters. The third-order valence-corrected chi connectivity index (χ3v) is 4.00. The van der Waals surface area contributed by atoms with Crippen molar-refractivity contribution in [2.45, 2.75) is 46.1 Å². The molecule has 0 radical (unpaired) electrons. The van der Waals surface area contributed by atoms with Gasteiger partial charge >= 0.3 is 0 Å². The normalized spacial score (nSPS) is 13.1. The SMILES string of the molecule is CCC(CC)CC(NC)c1cc(C)cc(Br)c1. The molecule has 0 amide bonds. The molecule has 96 valence electrons. The van der Waals surface area contributed by atoms with Gasteiger partial charge in [0.25, 0.3) is 0 Å². The van der Waals surface area contributed by atoms with E-state index in [1.54, 1.807) is 0 Å². The minimum Gasteiger partial charge on any atom is -0.313 e. The predicted octanol–water partition coefficient (Wildman–Crippen LogP) is 4.84. The molecule has 0 saturated carbocycles. The van der Waals surface area contributed by atoms with Crippen LogP contribution in [0.4, 0.5) is 0 Å². The van der Waals surface area contributed by atoms with Crippen molar-refractivity contribution in [3.63, 3.8) is 0 Å². The van der Waals surface area contributed by atoms with Gasteiger partial charge in [-0.05, 0) is 49.6 Å². The van der Waals surface area contributed by atoms with Crippen molar-refractivity contribution < 1.29 is 0 Å². The van der Waals surface area contributed by atoms with Gasteiger partial charge in [0.15, 0.2) is 0 Å². The summed E-state index contributed by atoms with van der Waals surface area (Å²) in [5, 5.41) is 3.45. The van der Waals surface area contributed by atoms with Crippen molar-refractivity contribution in [3.05, 3.63) is 33.8 Å². The van der Waals surface area contributed by atoms with Gasteiger partial charge in [0.05, 0.1) is 0 Å². The number of halogens is 1. The van der Waals surface area contributed by atoms with Crippen LogP contribution in [0.1, 0.15) is 50.3 Å². The quantitative estimate of drug-likeness (QED) is 0.792. The minimum absolute atomic E-state index is 0.469. The van der Waals surface area contributed by atoms with Crippen molar-refractivity contribution in [1.29, 1.82) is 0 Å². The molecule has 0 bridgehead atoms. The molecule has 0 aliphatic carbocycles. The van der Waals surface area contributed by atoms with E-state index in [4.69, 9.17) is 0 Å². The van der Waals surface area contributed by atoms with Gasteiger partial charge in [-0.15, -0.1) is 0 Å². The zero-order valence-corrected chi connectivity index (χ0v) is 13.0. The lowest BCUT2D eigenvalue weighted by Crippen LogP contribution is -2.19. The summed E-state index contributed by atoms with van der Waals surface area (Å²) in [6.07, 6.45) is 3.75. The van der Waals surface area contributed by atoms with Crippen LogP contribution in [0.25, 0.3) is 0 Å². The molecule has 1 N–H and O–H groups in total. The van der Waals surface area contributed by atoms with Crippen molar-refractivity contribution in [2.24, 2.45) is 5.92 Å². The first kappa shape index (κ1) is 14.7. The fraction of sp³-hybridized carbons (Fsp3) is 0.600. The Bertz CT molecular complexity index is 325. The van der Waals surface area contributed by atoms with Crippen LogP contribution in [0.2, 0.25) is 0 Å². The highest BCUT2D eigenvalue weighted by Crippen LogP contribution is 2.27. The van der Waals surface area contributed by atoms with E-state index < -0.39 is 0 Å². The Labute approximate surface area is 114 Å². The summed E-state index contributed by atoms with van der Waals surface area (Å²) < 4.78 is 1.18. The molecule has 1 nitrogen and oxygen atoms in total. The predicted molar refractivity (Wildman–Crippen MR) is 79.4 cm³/mol. The molecule has 0 saturated heterocycles. The second kappa shape index (κ2) is 7.17. The van der Waals surface area contributed by atoms with Crippen LogP contribution in [0.5, 0.6) is 0 Å². The fourth-order valence-electron chi connectivity index (χ4n) is 2.34. The lowest BCUT2D eigenvalue weighted by molar-refractivity contribution is 0.385. The average Bonchev–Trinajstić information content (AvgIpc) is 2.29. The molecule has 17 heavy (non-hydrogen) atoms. The second-order valence-electron chi connectivity index (χ2n) is 4.82. The third kappa shape index (κ3) is 4.44. The highest BCUT2D eigenvalue weighted by molar-refractivity contribution is 9.10. The Balaban J connectivity index is 2.85. The zero-order chi connectivity index (χ0) is 12.8. The average molecular weight is 298 g/mol. The van der Waals surface area contributed by atoms with Crippen molar-refractivity contribution >= 4 is 15.9 Å². The summed E-state index contributed by atoms with van der Waals surface area (Å²) in [5.74, 6) is 0.812. The molecule has 0 aliphatic rings. The lowest BCUT2D eigenvalue weighted by atomic mass is 9.91. The van der Waals surface area contributed by atoms with Gasteiger partial charge in [-0.2, -0.15) is 0 Å². The monoisotopic (exact) mass is 297 g/mol. The molecule has 1 rings (SSSR count). The first-order chi connectivity index (χ1) is 8.10. The molecule has 2 heteroatoms. The maximum absolute atomic E-state index is 3.58. The molecule has 1 aromatic carbocycles. The molecule has 0 heterocycles. The van der Waals surface area contributed by atoms with Gasteiger partial charge in [-0.25, -0.2) is 0 Å². The van der Waals surface area contributed by atoms with Gasteiger partial charge in [0.1, 0.15) is 0 Å². The zero-order valence-electron chi connectivity index (χ0n) is 11.4. The summed E-state index contributed by atoms with van der Waals surface area (Å²) in [7, 11) is 2.06. The maximum Gasteiger partial charge on any atom is 0.0320 e. The highest BCUT2D eigenvalue weighted by Gasteiger charge is 2.15. The summed E-state index contributed by atoms with van der Waals surface area (Å²) in [4.78, 5) is 0. The fourth-order valence-corrected chi connectivity index (χ4v) is 2.97. The van der Waals surface area contributed by atoms with Gasteiger partial charge in [0.2, 0.25) is 0 Å². The van der Waals surface area contributed by atoms with Crippen LogP contribution >= 0.6 is 15.9 Å². The summed E-state index contributed by atoms with van der Waals surface area (Å²) in [6.45, 7) is 6.72. The summed E-state index contributed by atoms with van der Waals surface area (Å²) >= 11 is 3.58. The van der Waals surface area contributed by atoms with Gasteiger partial charge in [-0.3, -0.25) is 0 Å². The maximum atomic E-state index is 3.58. The van der Waals surface area contributed by atoms with E-state index in [1.807, 2.05) is 0 Å². The number of aryl methyl sites for hydroxylation is 1. The Hall–Kier alpha value is -0.340. The molecular formula is C15H24BrN. The standard InChI is InChI=1S/C15H24BrN/c1-5-12(6-2)9-15(17-4)13-7-11(3)8-14(16)10-13/h7-8,10,12,15,17H,5-6,9H2,1-4H3. The third-order valence-electron chi connectivity index (χ3n) is 3.54. The molecular weight excluding hydrogens is 274 g/mol. The van der Waals surface area contributed by atoms with E-state index in [9.17, 15) is 0 Å². The molecule has 1 aromatic rings. The number of rotatable bonds is 6. The van der Waals surface area contributed by atoms with E-state index in [-0.39, 0.29) is 0 Å². The lowest BCUT2D eigenvalue weighted by Gasteiger charge is -2.22. The smallest absolute Gasteiger partial charge is 0.0320 e. The largest absolute Gasteiger partial charge is 0.313 e. The van der Waals surface area contributed by atoms with Crippen molar-refractivity contribution in [1.82, 2.24) is 5.32 Å². The molecule has 0 aliphatic heterocycles. The van der Waals surface area contributed by atoms with E-state index in [0.29, 0.717) is 6.04 Å². The first-order valence-corrected chi connectivity index (χ1v) is 7.34. The Kier molecular flexibility index (Phi) is 6.21. The van der Waals surface area contributed by atoms with Crippen molar-refractivity contribution in [2.75, 3.05) is 7.05 Å². The summed E-state index contributed by atoms with van der Waals surface area (Å²) in [5.41, 5.74) is 2.71. The van der Waals surface area contributed by atoms with E-state index in [0.717, 1.165) is 5.92 Å². The van der Waals surface area contributed by atoms with E-state index in [2.05, 4.69) is 67.3 Å². The molecule has 0 aromatic heterocycles. The Morgan fingerprint density at radius 1 is 1.18 bits per heavy atom. The van der Waals surface area contributed by atoms with Gasteiger partial charge in [0, 0.05) is 10.5 Å². The topological polar surface area (TPSA) is 12.0 Å². The Morgan fingerprint density at radius 2 is 1.82 bits per heavy atom. The number of hydrogen-bond acceptors (Lipinski definition) is 1. The Morgan fingerprint density at radius 3 is 2.29 bits per heavy atom. The molecule has 0 spiro atoms.